The topological polar surface area (TPSA) is 133 Å². The number of nitro groups is 1. The highest BCUT2D eigenvalue weighted by Crippen LogP contribution is 2.36. The fraction of sp³-hybridized carbons (Fsp3) is 0. The van der Waals surface area contributed by atoms with E-state index in [0.717, 1.165) is 11.8 Å². The monoisotopic (exact) mass is 393 g/mol. The van der Waals surface area contributed by atoms with Crippen molar-refractivity contribution in [1.29, 1.82) is 0 Å². The van der Waals surface area contributed by atoms with Gasteiger partial charge in [-0.3, -0.25) is 14.9 Å². The molecule has 1 aromatic heterocycles. The molecule has 0 atom stereocenters. The number of non-ortho nitro benzene ring substituents is 1. The number of hydrogen-bond acceptors (Lipinski definition) is 7. The minimum absolute atomic E-state index is 0.0307. The Morgan fingerprint density at radius 3 is 2.64 bits per heavy atom. The zero-order valence-electron chi connectivity index (χ0n) is 14.1. The Kier molecular flexibility index (Phi) is 4.45. The molecule has 1 aliphatic rings. The second-order valence-corrected chi connectivity index (χ2v) is 6.74. The average molecular weight is 393 g/mol. The van der Waals surface area contributed by atoms with Gasteiger partial charge in [0.2, 0.25) is 11.0 Å². The van der Waals surface area contributed by atoms with Crippen LogP contribution in [0, 0.1) is 10.1 Å². The number of aliphatic imine (C=N–C) groups is 1. The summed E-state index contributed by atoms with van der Waals surface area (Å²) in [6.07, 6.45) is 1.58. The fourth-order valence-electron chi connectivity index (χ4n) is 2.59. The number of amides is 1. The van der Waals surface area contributed by atoms with Crippen molar-refractivity contribution in [2.75, 3.05) is 0 Å². The van der Waals surface area contributed by atoms with E-state index in [-0.39, 0.29) is 22.4 Å². The first-order valence-electron chi connectivity index (χ1n) is 8.00. The quantitative estimate of drug-likeness (QED) is 0.292. The number of amidine groups is 1. The van der Waals surface area contributed by atoms with Crippen LogP contribution in [0.3, 0.4) is 0 Å². The standard InChI is InChI=1S/C18H11N5O4S/c24-16-14(9-10-5-7-11(8-6-10)23(26)27)28-18(20-16)22-21-15-12-3-1-2-4-13(12)19-17(15)25/h1-9,19,25H/b14-9-,22-21?. The van der Waals surface area contributed by atoms with E-state index >= 15 is 0 Å². The number of nitrogens with one attached hydrogen (secondary N) is 1. The highest BCUT2D eigenvalue weighted by molar-refractivity contribution is 8.18. The maximum atomic E-state index is 12.1. The van der Waals surface area contributed by atoms with Gasteiger partial charge in [0.05, 0.1) is 15.3 Å². The molecule has 2 N–H and O–H groups in total. The van der Waals surface area contributed by atoms with E-state index in [1.807, 2.05) is 12.1 Å². The lowest BCUT2D eigenvalue weighted by molar-refractivity contribution is -0.384. The number of thioether (sulfide) groups is 1. The Hall–Kier alpha value is -3.79. The van der Waals surface area contributed by atoms with Crippen LogP contribution in [0.5, 0.6) is 5.88 Å². The number of rotatable bonds is 3. The molecular formula is C18H11N5O4S. The van der Waals surface area contributed by atoms with Crippen molar-refractivity contribution in [2.24, 2.45) is 15.2 Å². The Balaban J connectivity index is 1.54. The fourth-order valence-corrected chi connectivity index (χ4v) is 3.33. The summed E-state index contributed by atoms with van der Waals surface area (Å²) in [5.74, 6) is -0.595. The lowest BCUT2D eigenvalue weighted by Gasteiger charge is -1.96. The second kappa shape index (κ2) is 7.08. The lowest BCUT2D eigenvalue weighted by Crippen LogP contribution is -1.89. The van der Waals surface area contributed by atoms with Gasteiger partial charge in [-0.25, -0.2) is 0 Å². The van der Waals surface area contributed by atoms with Crippen LogP contribution in [-0.4, -0.2) is 26.1 Å². The molecule has 0 radical (unpaired) electrons. The first-order valence-corrected chi connectivity index (χ1v) is 8.81. The maximum absolute atomic E-state index is 12.1. The number of H-pyrrole nitrogens is 1. The molecule has 9 nitrogen and oxygen atoms in total. The number of carbonyl (C=O) groups is 1. The molecule has 3 aromatic rings. The highest BCUT2D eigenvalue weighted by Gasteiger charge is 2.22. The third kappa shape index (κ3) is 3.40. The Morgan fingerprint density at radius 2 is 1.89 bits per heavy atom. The first kappa shape index (κ1) is 17.6. The average Bonchev–Trinajstić information content (AvgIpc) is 3.19. The molecule has 0 aliphatic carbocycles. The summed E-state index contributed by atoms with van der Waals surface area (Å²) in [5, 5.41) is 29.5. The number of para-hydroxylation sites is 1. The minimum Gasteiger partial charge on any atom is -0.493 e. The number of nitrogens with zero attached hydrogens (tertiary/aromatic N) is 4. The molecule has 2 heterocycles. The van der Waals surface area contributed by atoms with E-state index in [9.17, 15) is 20.0 Å². The molecule has 0 unspecified atom stereocenters. The van der Waals surface area contributed by atoms with Gasteiger partial charge in [0.1, 0.15) is 0 Å². The van der Waals surface area contributed by atoms with Gasteiger partial charge in [0, 0.05) is 17.5 Å². The number of aromatic amines is 1. The molecule has 0 saturated heterocycles. The summed E-state index contributed by atoms with van der Waals surface area (Å²) in [5.41, 5.74) is 1.57. The summed E-state index contributed by atoms with van der Waals surface area (Å²) >= 11 is 1.03. The van der Waals surface area contributed by atoms with Crippen molar-refractivity contribution in [3.05, 3.63) is 69.1 Å². The number of fused-ring (bicyclic) bond motifs is 1. The minimum atomic E-state index is -0.492. The van der Waals surface area contributed by atoms with Crippen LogP contribution in [0.1, 0.15) is 5.56 Å². The van der Waals surface area contributed by atoms with Gasteiger partial charge in [0.25, 0.3) is 11.6 Å². The van der Waals surface area contributed by atoms with Crippen molar-refractivity contribution in [3.63, 3.8) is 0 Å². The van der Waals surface area contributed by atoms with Gasteiger partial charge >= 0.3 is 0 Å². The number of carbonyl (C=O) groups excluding carboxylic acids is 1. The number of hydrogen-bond donors (Lipinski definition) is 2. The summed E-state index contributed by atoms with van der Waals surface area (Å²) in [4.78, 5) is 29.2. The predicted molar refractivity (Wildman–Crippen MR) is 106 cm³/mol. The molecule has 1 amide bonds. The van der Waals surface area contributed by atoms with Crippen molar-refractivity contribution in [3.8, 4) is 5.88 Å². The van der Waals surface area contributed by atoms with Crippen molar-refractivity contribution >= 4 is 51.2 Å². The van der Waals surface area contributed by atoms with Crippen LogP contribution >= 0.6 is 11.8 Å². The highest BCUT2D eigenvalue weighted by atomic mass is 32.2. The second-order valence-electron chi connectivity index (χ2n) is 5.73. The molecule has 0 bridgehead atoms. The number of aromatic hydroxyl groups is 1. The molecular weight excluding hydrogens is 382 g/mol. The molecule has 28 heavy (non-hydrogen) atoms. The normalized spacial score (nSPS) is 15.6. The molecule has 0 spiro atoms. The first-order chi connectivity index (χ1) is 13.5. The van der Waals surface area contributed by atoms with Crippen LogP contribution in [0.25, 0.3) is 17.0 Å². The molecule has 1 aliphatic heterocycles. The van der Waals surface area contributed by atoms with Gasteiger partial charge in [-0.2, -0.15) is 4.99 Å². The van der Waals surface area contributed by atoms with E-state index < -0.39 is 10.8 Å². The van der Waals surface area contributed by atoms with Gasteiger partial charge < -0.3 is 10.1 Å². The summed E-state index contributed by atoms with van der Waals surface area (Å²) in [7, 11) is 0. The van der Waals surface area contributed by atoms with Gasteiger partial charge in [-0.05, 0) is 41.6 Å². The third-order valence-electron chi connectivity index (χ3n) is 3.91. The molecule has 4 rings (SSSR count). The van der Waals surface area contributed by atoms with Crippen LogP contribution in [0.15, 0.2) is 68.7 Å². The smallest absolute Gasteiger partial charge is 0.286 e. The summed E-state index contributed by atoms with van der Waals surface area (Å²) < 4.78 is 0. The van der Waals surface area contributed by atoms with Crippen LogP contribution < -0.4 is 0 Å². The summed E-state index contributed by atoms with van der Waals surface area (Å²) in [6.45, 7) is 0. The van der Waals surface area contributed by atoms with Crippen molar-refractivity contribution < 1.29 is 14.8 Å². The zero-order chi connectivity index (χ0) is 19.7. The van der Waals surface area contributed by atoms with Crippen molar-refractivity contribution in [1.82, 2.24) is 4.98 Å². The zero-order valence-corrected chi connectivity index (χ0v) is 14.9. The van der Waals surface area contributed by atoms with E-state index in [2.05, 4.69) is 20.2 Å². The van der Waals surface area contributed by atoms with Crippen molar-refractivity contribution in [2.45, 2.75) is 0 Å². The van der Waals surface area contributed by atoms with Gasteiger partial charge in [-0.1, -0.05) is 18.2 Å². The largest absolute Gasteiger partial charge is 0.493 e. The number of benzene rings is 2. The SMILES string of the molecule is O=C1N=C(N=Nc2c(O)[nH]c3ccccc23)S/C1=C\c1ccc([N+](=O)[O-])cc1. The predicted octanol–water partition coefficient (Wildman–Crippen LogP) is 4.54. The third-order valence-corrected chi connectivity index (χ3v) is 4.77. The van der Waals surface area contributed by atoms with E-state index in [1.54, 1.807) is 30.3 Å². The molecule has 0 saturated carbocycles. The molecule has 10 heteroatoms. The van der Waals surface area contributed by atoms with Crippen LogP contribution in [-0.2, 0) is 4.79 Å². The number of aromatic nitrogens is 1. The molecule has 0 fully saturated rings. The summed E-state index contributed by atoms with van der Waals surface area (Å²) in [6, 6.07) is 13.0. The van der Waals surface area contributed by atoms with Crippen LogP contribution in [0.2, 0.25) is 0 Å². The van der Waals surface area contributed by atoms with Gasteiger partial charge in [-0.15, -0.1) is 10.2 Å². The maximum Gasteiger partial charge on any atom is 0.286 e. The Labute approximate surface area is 161 Å². The van der Waals surface area contributed by atoms with Crippen LogP contribution in [0.4, 0.5) is 11.4 Å². The molecule has 138 valence electrons. The van der Waals surface area contributed by atoms with E-state index in [0.29, 0.717) is 21.4 Å². The number of nitro benzene ring substituents is 1. The lowest BCUT2D eigenvalue weighted by atomic mass is 10.2. The van der Waals surface area contributed by atoms with E-state index in [1.165, 1.54) is 12.1 Å². The number of azo groups is 1. The molecule has 2 aromatic carbocycles. The Bertz CT molecular complexity index is 1190. The Morgan fingerprint density at radius 1 is 1.14 bits per heavy atom. The van der Waals surface area contributed by atoms with Gasteiger partial charge in [0.15, 0.2) is 5.69 Å². The van der Waals surface area contributed by atoms with E-state index in [4.69, 9.17) is 0 Å².